The molecule has 5 rings (SSSR count). The normalized spacial score (nSPS) is 19.6. The number of carbonyl (C=O) groups is 2. The molecule has 0 spiro atoms. The molecule has 38 heavy (non-hydrogen) atoms. The molecule has 0 radical (unpaired) electrons. The van der Waals surface area contributed by atoms with Gasteiger partial charge in [-0.2, -0.15) is 0 Å². The molecular weight excluding hydrogens is 523 g/mol. The number of likely N-dealkylation sites (tertiary alicyclic amines) is 1. The van der Waals surface area contributed by atoms with Crippen LogP contribution in [0.2, 0.25) is 0 Å². The minimum Gasteiger partial charge on any atom is -0.465 e. The van der Waals surface area contributed by atoms with Crippen molar-refractivity contribution in [3.63, 3.8) is 0 Å². The maximum atomic E-state index is 14.3. The second-order valence-electron chi connectivity index (χ2n) is 9.46. The van der Waals surface area contributed by atoms with E-state index in [9.17, 15) is 22.8 Å². The predicted molar refractivity (Wildman–Crippen MR) is 131 cm³/mol. The van der Waals surface area contributed by atoms with Crippen LogP contribution in [-0.2, 0) is 16.8 Å². The molecule has 0 bridgehead atoms. The lowest BCUT2D eigenvalue weighted by molar-refractivity contribution is -0.125. The monoisotopic (exact) mass is 547 g/mol. The number of hydrogen-bond acceptors (Lipinski definition) is 8. The first kappa shape index (κ1) is 25.8. The summed E-state index contributed by atoms with van der Waals surface area (Å²) in [5.74, 6) is -3.82. The molecule has 1 saturated carbocycles. The highest BCUT2D eigenvalue weighted by Crippen LogP contribution is 2.43. The number of halogens is 3. The lowest BCUT2D eigenvalue weighted by atomic mass is 9.66. The Morgan fingerprint density at radius 3 is 2.66 bits per heavy atom. The zero-order valence-corrected chi connectivity index (χ0v) is 20.8. The number of anilines is 1. The van der Waals surface area contributed by atoms with Crippen molar-refractivity contribution in [3.8, 4) is 10.7 Å². The number of nitrogens with one attached hydrogen (secondary N) is 2. The summed E-state index contributed by atoms with van der Waals surface area (Å²) in [6, 6.07) is 5.02. The topological polar surface area (TPSA) is 133 Å². The van der Waals surface area contributed by atoms with E-state index in [1.54, 1.807) is 24.4 Å². The standard InChI is InChI=1S/C24H24F3N7O3S/c25-15-3-1-8-28-19(15)23(6-2-7-23)12-31-18-5-4-16(32-33-18)21-30-11-14(38-21)10-29-20(35)17-9-24(26,27)13-34(17)22(36)37/h1,3-5,8,11,17H,2,6-7,9-10,12-13H2,(H,29,35)(H,31,33)(H,36,37)/t17-/m0/s1. The molecule has 0 aromatic carbocycles. The van der Waals surface area contributed by atoms with Crippen molar-refractivity contribution in [1.82, 2.24) is 30.4 Å². The highest BCUT2D eigenvalue weighted by atomic mass is 32.1. The summed E-state index contributed by atoms with van der Waals surface area (Å²) in [6.07, 6.45) is 3.36. The maximum absolute atomic E-state index is 14.3. The molecule has 2 amide bonds. The van der Waals surface area contributed by atoms with Gasteiger partial charge in [0.2, 0.25) is 5.91 Å². The van der Waals surface area contributed by atoms with E-state index in [-0.39, 0.29) is 17.8 Å². The summed E-state index contributed by atoms with van der Waals surface area (Å²) >= 11 is 1.24. The molecule has 10 nitrogen and oxygen atoms in total. The number of hydrogen-bond donors (Lipinski definition) is 3. The first-order chi connectivity index (χ1) is 18.2. The molecule has 3 aromatic rings. The minimum atomic E-state index is -3.25. The fourth-order valence-corrected chi connectivity index (χ4v) is 5.55. The fourth-order valence-electron chi connectivity index (χ4n) is 4.73. The van der Waals surface area contributed by atoms with E-state index in [4.69, 9.17) is 5.11 Å². The van der Waals surface area contributed by atoms with Gasteiger partial charge < -0.3 is 15.7 Å². The van der Waals surface area contributed by atoms with Gasteiger partial charge in [-0.25, -0.2) is 22.9 Å². The third-order valence-corrected chi connectivity index (χ3v) is 7.89. The van der Waals surface area contributed by atoms with Gasteiger partial charge in [-0.1, -0.05) is 6.42 Å². The first-order valence-corrected chi connectivity index (χ1v) is 12.8. The second kappa shape index (κ2) is 10.2. The molecule has 1 atom stereocenters. The van der Waals surface area contributed by atoms with Gasteiger partial charge >= 0.3 is 6.09 Å². The number of carboxylic acid groups (broad SMARTS) is 1. The molecular formula is C24H24F3N7O3S. The molecule has 3 aromatic heterocycles. The van der Waals surface area contributed by atoms with Crippen molar-refractivity contribution >= 4 is 29.2 Å². The van der Waals surface area contributed by atoms with Gasteiger partial charge in [-0.05, 0) is 37.1 Å². The Morgan fingerprint density at radius 1 is 1.18 bits per heavy atom. The lowest BCUT2D eigenvalue weighted by Gasteiger charge is -2.41. The highest BCUT2D eigenvalue weighted by molar-refractivity contribution is 7.15. The van der Waals surface area contributed by atoms with Crippen molar-refractivity contribution in [2.24, 2.45) is 0 Å². The van der Waals surface area contributed by atoms with Crippen LogP contribution in [0.1, 0.15) is 36.3 Å². The number of nitrogens with zero attached hydrogens (tertiary/aromatic N) is 5. The van der Waals surface area contributed by atoms with E-state index in [0.717, 1.165) is 19.3 Å². The maximum Gasteiger partial charge on any atom is 0.408 e. The van der Waals surface area contributed by atoms with Crippen molar-refractivity contribution in [3.05, 3.63) is 53.0 Å². The molecule has 2 fully saturated rings. The zero-order chi connectivity index (χ0) is 26.9. The Kier molecular flexibility index (Phi) is 6.90. The zero-order valence-electron chi connectivity index (χ0n) is 20.0. The molecule has 14 heteroatoms. The van der Waals surface area contributed by atoms with Crippen LogP contribution in [0.4, 0.5) is 23.8 Å². The number of rotatable bonds is 8. The summed E-state index contributed by atoms with van der Waals surface area (Å²) in [7, 11) is 0. The number of carbonyl (C=O) groups excluding carboxylic acids is 1. The van der Waals surface area contributed by atoms with E-state index in [1.165, 1.54) is 23.6 Å². The molecule has 1 aliphatic heterocycles. The van der Waals surface area contributed by atoms with Gasteiger partial charge in [0.15, 0.2) is 0 Å². The molecule has 1 saturated heterocycles. The van der Waals surface area contributed by atoms with Gasteiger partial charge in [0, 0.05) is 35.7 Å². The van der Waals surface area contributed by atoms with Crippen LogP contribution >= 0.6 is 11.3 Å². The Hall–Kier alpha value is -3.81. The molecule has 4 heterocycles. The predicted octanol–water partition coefficient (Wildman–Crippen LogP) is 3.67. The Labute approximate surface area is 219 Å². The van der Waals surface area contributed by atoms with E-state index in [2.05, 4.69) is 30.8 Å². The third kappa shape index (κ3) is 5.26. The summed E-state index contributed by atoms with van der Waals surface area (Å²) < 4.78 is 41.6. The van der Waals surface area contributed by atoms with Crippen LogP contribution in [-0.4, -0.2) is 67.2 Å². The van der Waals surface area contributed by atoms with Crippen LogP contribution < -0.4 is 10.6 Å². The van der Waals surface area contributed by atoms with E-state index >= 15 is 0 Å². The average Bonchev–Trinajstić information content (AvgIpc) is 3.47. The van der Waals surface area contributed by atoms with Crippen LogP contribution in [0, 0.1) is 5.82 Å². The minimum absolute atomic E-state index is 0.00522. The molecule has 2 aliphatic rings. The lowest BCUT2D eigenvalue weighted by Crippen LogP contribution is -2.45. The van der Waals surface area contributed by atoms with Crippen LogP contribution in [0.5, 0.6) is 0 Å². The number of aromatic nitrogens is 4. The Balaban J connectivity index is 1.17. The van der Waals surface area contributed by atoms with Crippen molar-refractivity contribution in [1.29, 1.82) is 0 Å². The summed E-state index contributed by atoms with van der Waals surface area (Å²) in [4.78, 5) is 33.2. The highest BCUT2D eigenvalue weighted by Gasteiger charge is 2.50. The summed E-state index contributed by atoms with van der Waals surface area (Å²) in [5, 5.41) is 23.8. The van der Waals surface area contributed by atoms with Crippen molar-refractivity contribution < 1.29 is 27.9 Å². The SMILES string of the molecule is O=C(NCc1cnc(-c2ccc(NCC3(c4ncccc4F)CCC3)nn2)s1)[C@@H]1CC(F)(F)CN1C(=O)O. The van der Waals surface area contributed by atoms with E-state index < -0.39 is 36.9 Å². The van der Waals surface area contributed by atoms with Crippen LogP contribution in [0.15, 0.2) is 36.7 Å². The van der Waals surface area contributed by atoms with Gasteiger partial charge in [-0.15, -0.1) is 21.5 Å². The van der Waals surface area contributed by atoms with Crippen molar-refractivity contribution in [2.75, 3.05) is 18.4 Å². The smallest absolute Gasteiger partial charge is 0.408 e. The average molecular weight is 548 g/mol. The van der Waals surface area contributed by atoms with Crippen molar-refractivity contribution in [2.45, 2.75) is 49.6 Å². The first-order valence-electron chi connectivity index (χ1n) is 11.9. The number of alkyl halides is 2. The van der Waals surface area contributed by atoms with Gasteiger partial charge in [0.05, 0.1) is 18.8 Å². The van der Waals surface area contributed by atoms with Crippen LogP contribution in [0.25, 0.3) is 10.7 Å². The van der Waals surface area contributed by atoms with Gasteiger partial charge in [-0.3, -0.25) is 14.7 Å². The number of pyridine rings is 1. The summed E-state index contributed by atoms with van der Waals surface area (Å²) in [5.41, 5.74) is 0.582. The fraction of sp³-hybridized carbons (Fsp3) is 0.417. The Bertz CT molecular complexity index is 1330. The number of thiazole rings is 1. The second-order valence-corrected chi connectivity index (χ2v) is 10.6. The largest absolute Gasteiger partial charge is 0.465 e. The Morgan fingerprint density at radius 2 is 2.00 bits per heavy atom. The molecule has 1 aliphatic carbocycles. The van der Waals surface area contributed by atoms with Crippen LogP contribution in [0.3, 0.4) is 0 Å². The molecule has 0 unspecified atom stereocenters. The quantitative estimate of drug-likeness (QED) is 0.389. The van der Waals surface area contributed by atoms with E-state index in [1.807, 2.05) is 0 Å². The number of amides is 2. The molecule has 200 valence electrons. The van der Waals surface area contributed by atoms with Gasteiger partial charge in [0.1, 0.15) is 28.4 Å². The van der Waals surface area contributed by atoms with E-state index in [0.29, 0.717) is 38.5 Å². The molecule has 3 N–H and O–H groups in total. The summed E-state index contributed by atoms with van der Waals surface area (Å²) in [6.45, 7) is -0.525. The third-order valence-electron chi connectivity index (χ3n) is 6.87. The van der Waals surface area contributed by atoms with Gasteiger partial charge in [0.25, 0.3) is 5.92 Å².